The number of carbonyl (C=O) groups excluding carboxylic acids is 3. The fourth-order valence-corrected chi connectivity index (χ4v) is 2.43. The van der Waals surface area contributed by atoms with Gasteiger partial charge in [0.15, 0.2) is 0 Å². The third-order valence-electron chi connectivity index (χ3n) is 4.05. The summed E-state index contributed by atoms with van der Waals surface area (Å²) in [6.45, 7) is -0.667. The maximum atomic E-state index is 12.4. The number of rotatable bonds is 14. The van der Waals surface area contributed by atoms with E-state index in [0.717, 1.165) is 0 Å². The molecule has 0 fully saturated rings. The Kier molecular flexibility index (Phi) is 10.3. The lowest BCUT2D eigenvalue weighted by Gasteiger charge is -2.20. The molecule has 1 aromatic rings. The van der Waals surface area contributed by atoms with E-state index < -0.39 is 66.7 Å². The maximum Gasteiger partial charge on any atom is 0.326 e. The molecular formula is C17H24N6O9. The van der Waals surface area contributed by atoms with Gasteiger partial charge in [-0.25, -0.2) is 9.78 Å². The highest BCUT2D eigenvalue weighted by atomic mass is 16.4. The van der Waals surface area contributed by atoms with Gasteiger partial charge in [0, 0.05) is 24.7 Å². The SMILES string of the molecule is NC(CCC(=O)O)C(=O)NCC(=O)NC(CC(=O)O)C(=O)NC(Cc1cnc[nH]1)C(=O)O. The second-order valence-corrected chi connectivity index (χ2v) is 6.66. The lowest BCUT2D eigenvalue weighted by molar-refractivity contribution is -0.143. The van der Waals surface area contributed by atoms with Gasteiger partial charge in [0.2, 0.25) is 17.7 Å². The van der Waals surface area contributed by atoms with E-state index in [1.54, 1.807) is 0 Å². The normalized spacial score (nSPS) is 13.3. The number of nitrogens with zero attached hydrogens (tertiary/aromatic N) is 1. The third-order valence-corrected chi connectivity index (χ3v) is 4.05. The molecule has 0 bridgehead atoms. The van der Waals surface area contributed by atoms with Crippen LogP contribution in [0, 0.1) is 0 Å². The third kappa shape index (κ3) is 9.66. The molecule has 0 aromatic carbocycles. The topological polar surface area (TPSA) is 254 Å². The number of carboxylic acid groups (broad SMARTS) is 3. The molecule has 15 heteroatoms. The molecule has 32 heavy (non-hydrogen) atoms. The average molecular weight is 456 g/mol. The molecule has 0 aliphatic rings. The molecule has 0 aliphatic carbocycles. The predicted octanol–water partition coefficient (Wildman–Crippen LogP) is -3.21. The first-order valence-electron chi connectivity index (χ1n) is 9.26. The van der Waals surface area contributed by atoms with E-state index in [9.17, 15) is 33.9 Å². The highest BCUT2D eigenvalue weighted by Crippen LogP contribution is 2.01. The second kappa shape index (κ2) is 12.6. The van der Waals surface area contributed by atoms with Crippen molar-refractivity contribution in [3.63, 3.8) is 0 Å². The zero-order chi connectivity index (χ0) is 24.3. The van der Waals surface area contributed by atoms with E-state index in [0.29, 0.717) is 5.69 Å². The van der Waals surface area contributed by atoms with Crippen molar-refractivity contribution in [3.05, 3.63) is 18.2 Å². The number of H-pyrrole nitrogens is 1. The summed E-state index contributed by atoms with van der Waals surface area (Å²) in [7, 11) is 0. The molecule has 0 spiro atoms. The minimum atomic E-state index is -1.62. The first-order valence-corrected chi connectivity index (χ1v) is 9.26. The van der Waals surface area contributed by atoms with Crippen molar-refractivity contribution in [1.82, 2.24) is 25.9 Å². The van der Waals surface area contributed by atoms with Gasteiger partial charge in [0.1, 0.15) is 12.1 Å². The minimum absolute atomic E-state index is 0.167. The first-order chi connectivity index (χ1) is 15.0. The first kappa shape index (κ1) is 26.0. The summed E-state index contributed by atoms with van der Waals surface area (Å²) in [5.74, 6) is -6.80. The highest BCUT2D eigenvalue weighted by molar-refractivity contribution is 5.94. The van der Waals surface area contributed by atoms with Crippen LogP contribution in [0.5, 0.6) is 0 Å². The molecule has 0 radical (unpaired) electrons. The zero-order valence-electron chi connectivity index (χ0n) is 16.7. The number of carbonyl (C=O) groups is 6. The Hall–Kier alpha value is -4.01. The van der Waals surface area contributed by atoms with Crippen molar-refractivity contribution in [2.24, 2.45) is 5.73 Å². The standard InChI is InChI=1S/C17H24N6O9/c18-9(1-2-13(25)26)15(29)20-6-12(24)22-10(4-14(27)28)16(30)23-11(17(31)32)3-8-5-19-7-21-8/h5,7,9-11H,1-4,6,18H2,(H,19,21)(H,20,29)(H,22,24)(H,23,30)(H,25,26)(H,27,28)(H,31,32). The van der Waals surface area contributed by atoms with Crippen LogP contribution in [0.2, 0.25) is 0 Å². The van der Waals surface area contributed by atoms with Crippen LogP contribution in [-0.2, 0) is 35.2 Å². The van der Waals surface area contributed by atoms with Crippen LogP contribution in [0.1, 0.15) is 25.0 Å². The number of amides is 3. The number of imidazole rings is 1. The van der Waals surface area contributed by atoms with Crippen LogP contribution in [0.25, 0.3) is 0 Å². The van der Waals surface area contributed by atoms with Crippen molar-refractivity contribution in [2.75, 3.05) is 6.54 Å². The molecule has 3 unspecified atom stereocenters. The Bertz CT molecular complexity index is 842. The van der Waals surface area contributed by atoms with Crippen molar-refractivity contribution < 1.29 is 44.1 Å². The average Bonchev–Trinajstić information content (AvgIpc) is 3.21. The number of nitrogens with one attached hydrogen (secondary N) is 4. The van der Waals surface area contributed by atoms with E-state index in [1.165, 1.54) is 12.5 Å². The molecule has 3 amide bonds. The number of nitrogens with two attached hydrogens (primary N) is 1. The Morgan fingerprint density at radius 3 is 2.22 bits per heavy atom. The summed E-state index contributed by atoms with van der Waals surface area (Å²) < 4.78 is 0. The van der Waals surface area contributed by atoms with E-state index in [-0.39, 0.29) is 19.3 Å². The minimum Gasteiger partial charge on any atom is -0.481 e. The second-order valence-electron chi connectivity index (χ2n) is 6.66. The lowest BCUT2D eigenvalue weighted by Crippen LogP contribution is -2.54. The van der Waals surface area contributed by atoms with Crippen LogP contribution in [0.15, 0.2) is 12.5 Å². The molecule has 3 atom stereocenters. The van der Waals surface area contributed by atoms with Gasteiger partial charge in [-0.05, 0) is 6.42 Å². The molecule has 0 aliphatic heterocycles. The van der Waals surface area contributed by atoms with Crippen molar-refractivity contribution in [1.29, 1.82) is 0 Å². The fraction of sp³-hybridized carbons (Fsp3) is 0.471. The van der Waals surface area contributed by atoms with Crippen LogP contribution >= 0.6 is 0 Å². The molecular weight excluding hydrogens is 432 g/mol. The van der Waals surface area contributed by atoms with Gasteiger partial charge in [-0.15, -0.1) is 0 Å². The van der Waals surface area contributed by atoms with Crippen LogP contribution in [0.3, 0.4) is 0 Å². The summed E-state index contributed by atoms with van der Waals surface area (Å²) in [5, 5.41) is 33.3. The Labute approximate surface area is 180 Å². The molecule has 1 rings (SSSR count). The molecule has 15 nitrogen and oxygen atoms in total. The molecule has 9 N–H and O–H groups in total. The van der Waals surface area contributed by atoms with Gasteiger partial charge in [0.25, 0.3) is 0 Å². The van der Waals surface area contributed by atoms with E-state index in [1.807, 2.05) is 0 Å². The van der Waals surface area contributed by atoms with Crippen molar-refractivity contribution in [3.8, 4) is 0 Å². The van der Waals surface area contributed by atoms with Crippen molar-refractivity contribution in [2.45, 2.75) is 43.8 Å². The number of aromatic nitrogens is 2. The van der Waals surface area contributed by atoms with Gasteiger partial charge in [-0.1, -0.05) is 0 Å². The van der Waals surface area contributed by atoms with Gasteiger partial charge in [-0.3, -0.25) is 24.0 Å². The quantitative estimate of drug-likeness (QED) is 0.138. The molecule has 1 heterocycles. The highest BCUT2D eigenvalue weighted by Gasteiger charge is 2.29. The Morgan fingerprint density at radius 2 is 1.69 bits per heavy atom. The molecule has 0 saturated heterocycles. The fourth-order valence-electron chi connectivity index (χ4n) is 2.43. The number of carboxylic acids is 3. The number of hydrogen-bond acceptors (Lipinski definition) is 8. The summed E-state index contributed by atoms with van der Waals surface area (Å²) in [4.78, 5) is 75.6. The van der Waals surface area contributed by atoms with Crippen LogP contribution < -0.4 is 21.7 Å². The largest absolute Gasteiger partial charge is 0.481 e. The van der Waals surface area contributed by atoms with Gasteiger partial charge < -0.3 is 42.0 Å². The predicted molar refractivity (Wildman–Crippen MR) is 104 cm³/mol. The summed E-state index contributed by atoms with van der Waals surface area (Å²) in [6.07, 6.45) is 1.12. The number of aliphatic carboxylic acids is 3. The molecule has 1 aromatic heterocycles. The van der Waals surface area contributed by atoms with Crippen LogP contribution in [0.4, 0.5) is 0 Å². The summed E-state index contributed by atoms with van der Waals surface area (Å²) in [5.41, 5.74) is 5.90. The lowest BCUT2D eigenvalue weighted by atomic mass is 10.1. The van der Waals surface area contributed by atoms with Crippen LogP contribution in [-0.4, -0.2) is 85.6 Å². The summed E-state index contributed by atoms with van der Waals surface area (Å²) in [6, 6.07) is -4.24. The smallest absolute Gasteiger partial charge is 0.326 e. The van der Waals surface area contributed by atoms with Crippen molar-refractivity contribution >= 4 is 35.6 Å². The zero-order valence-corrected chi connectivity index (χ0v) is 16.7. The van der Waals surface area contributed by atoms with E-state index in [4.69, 9.17) is 15.9 Å². The van der Waals surface area contributed by atoms with E-state index >= 15 is 0 Å². The van der Waals surface area contributed by atoms with Gasteiger partial charge in [0.05, 0.1) is 25.3 Å². The molecule has 0 saturated carbocycles. The van der Waals surface area contributed by atoms with Gasteiger partial charge in [-0.2, -0.15) is 0 Å². The maximum absolute atomic E-state index is 12.4. The number of aromatic amines is 1. The Morgan fingerprint density at radius 1 is 1.00 bits per heavy atom. The molecule has 176 valence electrons. The van der Waals surface area contributed by atoms with Gasteiger partial charge >= 0.3 is 17.9 Å². The Balaban J connectivity index is 2.67. The van der Waals surface area contributed by atoms with E-state index in [2.05, 4.69) is 25.9 Å². The monoisotopic (exact) mass is 456 g/mol. The summed E-state index contributed by atoms with van der Waals surface area (Å²) >= 11 is 0. The number of hydrogen-bond donors (Lipinski definition) is 8.